The van der Waals surface area contributed by atoms with Gasteiger partial charge in [-0.15, -0.1) is 0 Å². The van der Waals surface area contributed by atoms with Gasteiger partial charge in [0, 0.05) is 30.4 Å². The van der Waals surface area contributed by atoms with Crippen LogP contribution in [0.2, 0.25) is 0 Å². The first-order valence-electron chi connectivity index (χ1n) is 6.49. The molecule has 3 heteroatoms. The Hall–Kier alpha value is -0.830. The van der Waals surface area contributed by atoms with Gasteiger partial charge in [0.2, 0.25) is 0 Å². The molecule has 0 bridgehead atoms. The lowest BCUT2D eigenvalue weighted by molar-refractivity contribution is 0.294. The van der Waals surface area contributed by atoms with E-state index in [-0.39, 0.29) is 0 Å². The summed E-state index contributed by atoms with van der Waals surface area (Å²) in [7, 11) is 0. The van der Waals surface area contributed by atoms with Crippen LogP contribution in [-0.2, 0) is 6.54 Å². The van der Waals surface area contributed by atoms with Crippen molar-refractivity contribution in [2.24, 2.45) is 11.7 Å². The van der Waals surface area contributed by atoms with Crippen molar-refractivity contribution in [1.82, 2.24) is 9.78 Å². The van der Waals surface area contributed by atoms with Gasteiger partial charge in [-0.1, -0.05) is 13.8 Å². The standard InChI is InChI=1S/C13H23N3/c1-3-8-16-13(6-7-15-16)11-9-10(2)4-5-12(11)14/h6-7,10-12H,3-5,8-9,14H2,1-2H3. The van der Waals surface area contributed by atoms with E-state index >= 15 is 0 Å². The van der Waals surface area contributed by atoms with Crippen molar-refractivity contribution in [3.63, 3.8) is 0 Å². The normalized spacial score (nSPS) is 30.6. The van der Waals surface area contributed by atoms with E-state index in [0.717, 1.165) is 25.3 Å². The summed E-state index contributed by atoms with van der Waals surface area (Å²) in [5, 5.41) is 4.40. The average Bonchev–Trinajstić information content (AvgIpc) is 2.70. The highest BCUT2D eigenvalue weighted by molar-refractivity contribution is 5.12. The van der Waals surface area contributed by atoms with Crippen molar-refractivity contribution in [2.75, 3.05) is 0 Å². The molecule has 2 rings (SSSR count). The highest BCUT2D eigenvalue weighted by atomic mass is 15.3. The number of nitrogens with two attached hydrogens (primary N) is 1. The van der Waals surface area contributed by atoms with Gasteiger partial charge >= 0.3 is 0 Å². The predicted octanol–water partition coefficient (Wildman–Crippen LogP) is 2.52. The van der Waals surface area contributed by atoms with E-state index in [9.17, 15) is 0 Å². The maximum absolute atomic E-state index is 6.26. The fraction of sp³-hybridized carbons (Fsp3) is 0.769. The topological polar surface area (TPSA) is 43.8 Å². The summed E-state index contributed by atoms with van der Waals surface area (Å²) in [6.45, 7) is 5.54. The molecule has 1 aromatic rings. The molecule has 90 valence electrons. The van der Waals surface area contributed by atoms with Crippen LogP contribution in [0.1, 0.15) is 51.1 Å². The molecule has 16 heavy (non-hydrogen) atoms. The Morgan fingerprint density at radius 2 is 2.31 bits per heavy atom. The van der Waals surface area contributed by atoms with Crippen LogP contribution < -0.4 is 5.73 Å². The zero-order chi connectivity index (χ0) is 11.5. The molecule has 1 heterocycles. The third kappa shape index (κ3) is 2.29. The molecule has 1 saturated carbocycles. The minimum absolute atomic E-state index is 0.323. The van der Waals surface area contributed by atoms with Crippen LogP contribution in [0.3, 0.4) is 0 Å². The minimum Gasteiger partial charge on any atom is -0.327 e. The molecule has 0 aliphatic heterocycles. The van der Waals surface area contributed by atoms with Crippen molar-refractivity contribution in [3.05, 3.63) is 18.0 Å². The predicted molar refractivity (Wildman–Crippen MR) is 66.2 cm³/mol. The van der Waals surface area contributed by atoms with Gasteiger partial charge in [0.05, 0.1) is 0 Å². The van der Waals surface area contributed by atoms with Gasteiger partial charge in [0.15, 0.2) is 0 Å². The van der Waals surface area contributed by atoms with Crippen molar-refractivity contribution in [1.29, 1.82) is 0 Å². The number of hydrogen-bond acceptors (Lipinski definition) is 2. The second-order valence-corrected chi connectivity index (χ2v) is 5.17. The molecule has 0 spiro atoms. The second-order valence-electron chi connectivity index (χ2n) is 5.17. The molecule has 0 radical (unpaired) electrons. The van der Waals surface area contributed by atoms with E-state index in [1.165, 1.54) is 18.5 Å². The highest BCUT2D eigenvalue weighted by Crippen LogP contribution is 2.35. The van der Waals surface area contributed by atoms with E-state index in [4.69, 9.17) is 5.73 Å². The van der Waals surface area contributed by atoms with E-state index in [0.29, 0.717) is 12.0 Å². The Labute approximate surface area is 98.0 Å². The minimum atomic E-state index is 0.323. The third-order valence-electron chi connectivity index (χ3n) is 3.73. The van der Waals surface area contributed by atoms with Crippen LogP contribution in [0.15, 0.2) is 12.3 Å². The van der Waals surface area contributed by atoms with Gasteiger partial charge < -0.3 is 5.73 Å². The van der Waals surface area contributed by atoms with Gasteiger partial charge in [-0.25, -0.2) is 0 Å². The summed E-state index contributed by atoms with van der Waals surface area (Å²) in [5.74, 6) is 1.31. The summed E-state index contributed by atoms with van der Waals surface area (Å²) in [6.07, 6.45) is 6.70. The summed E-state index contributed by atoms with van der Waals surface area (Å²) < 4.78 is 2.14. The zero-order valence-electron chi connectivity index (χ0n) is 10.4. The Morgan fingerprint density at radius 3 is 3.06 bits per heavy atom. The summed E-state index contributed by atoms with van der Waals surface area (Å²) in [6, 6.07) is 2.47. The molecule has 1 aliphatic rings. The molecule has 1 fully saturated rings. The first-order chi connectivity index (χ1) is 7.72. The number of nitrogens with zero attached hydrogens (tertiary/aromatic N) is 2. The van der Waals surface area contributed by atoms with Crippen LogP contribution in [0.4, 0.5) is 0 Å². The molecule has 0 saturated heterocycles. The van der Waals surface area contributed by atoms with Gasteiger partial charge in [0.25, 0.3) is 0 Å². The second kappa shape index (κ2) is 5.00. The van der Waals surface area contributed by atoms with Crippen LogP contribution in [0.25, 0.3) is 0 Å². The summed E-state index contributed by atoms with van der Waals surface area (Å²) >= 11 is 0. The summed E-state index contributed by atoms with van der Waals surface area (Å²) in [5.41, 5.74) is 7.60. The number of hydrogen-bond donors (Lipinski definition) is 1. The molecular formula is C13H23N3. The monoisotopic (exact) mass is 221 g/mol. The Bertz CT molecular complexity index is 332. The molecule has 3 nitrogen and oxygen atoms in total. The molecule has 1 aromatic heterocycles. The molecule has 3 unspecified atom stereocenters. The maximum atomic E-state index is 6.26. The Morgan fingerprint density at radius 1 is 1.50 bits per heavy atom. The van der Waals surface area contributed by atoms with Gasteiger partial charge in [0.1, 0.15) is 0 Å². The van der Waals surface area contributed by atoms with Gasteiger partial charge in [-0.2, -0.15) is 5.10 Å². The number of rotatable bonds is 3. The molecule has 2 N–H and O–H groups in total. The maximum Gasteiger partial charge on any atom is 0.0492 e. The van der Waals surface area contributed by atoms with Gasteiger partial charge in [-0.05, 0) is 37.7 Å². The first kappa shape index (κ1) is 11.6. The quantitative estimate of drug-likeness (QED) is 0.852. The van der Waals surface area contributed by atoms with Crippen LogP contribution in [0.5, 0.6) is 0 Å². The van der Waals surface area contributed by atoms with Crippen LogP contribution in [-0.4, -0.2) is 15.8 Å². The van der Waals surface area contributed by atoms with Crippen LogP contribution >= 0.6 is 0 Å². The molecule has 0 amide bonds. The third-order valence-corrected chi connectivity index (χ3v) is 3.73. The fourth-order valence-corrected chi connectivity index (χ4v) is 2.80. The van der Waals surface area contributed by atoms with Crippen molar-refractivity contribution in [3.8, 4) is 0 Å². The molecule has 0 aromatic carbocycles. The fourth-order valence-electron chi connectivity index (χ4n) is 2.80. The van der Waals surface area contributed by atoms with Crippen molar-refractivity contribution < 1.29 is 0 Å². The Balaban J connectivity index is 2.17. The lowest BCUT2D eigenvalue weighted by Crippen LogP contribution is -2.35. The molecule has 3 atom stereocenters. The zero-order valence-corrected chi connectivity index (χ0v) is 10.4. The average molecular weight is 221 g/mol. The van der Waals surface area contributed by atoms with E-state index < -0.39 is 0 Å². The van der Waals surface area contributed by atoms with Crippen molar-refractivity contribution in [2.45, 2.75) is 58.0 Å². The van der Waals surface area contributed by atoms with E-state index in [1.54, 1.807) is 0 Å². The highest BCUT2D eigenvalue weighted by Gasteiger charge is 2.29. The first-order valence-corrected chi connectivity index (χ1v) is 6.49. The largest absolute Gasteiger partial charge is 0.327 e. The summed E-state index contributed by atoms with van der Waals surface area (Å²) in [4.78, 5) is 0. The lowest BCUT2D eigenvalue weighted by Gasteiger charge is -2.32. The van der Waals surface area contributed by atoms with E-state index in [2.05, 4.69) is 29.7 Å². The van der Waals surface area contributed by atoms with Crippen LogP contribution in [0, 0.1) is 5.92 Å². The van der Waals surface area contributed by atoms with Crippen molar-refractivity contribution >= 4 is 0 Å². The number of aryl methyl sites for hydroxylation is 1. The van der Waals surface area contributed by atoms with Gasteiger partial charge in [-0.3, -0.25) is 4.68 Å². The smallest absolute Gasteiger partial charge is 0.0492 e. The van der Waals surface area contributed by atoms with E-state index in [1.807, 2.05) is 6.20 Å². The SMILES string of the molecule is CCCn1nccc1C1CC(C)CCC1N. The lowest BCUT2D eigenvalue weighted by atomic mass is 9.77. The number of aromatic nitrogens is 2. The Kier molecular flexibility index (Phi) is 3.64. The molecular weight excluding hydrogens is 198 g/mol. The molecule has 1 aliphatic carbocycles.